The van der Waals surface area contributed by atoms with Crippen molar-refractivity contribution >= 4 is 11.6 Å². The van der Waals surface area contributed by atoms with Gasteiger partial charge in [0.15, 0.2) is 0 Å². The highest BCUT2D eigenvalue weighted by atomic mass is 19.4. The highest BCUT2D eigenvalue weighted by Crippen LogP contribution is 2.35. The number of aromatic nitrogens is 1. The predicted molar refractivity (Wildman–Crippen MR) is 150 cm³/mol. The number of anilines is 1. The maximum Gasteiger partial charge on any atom is 0.416 e. The van der Waals surface area contributed by atoms with Gasteiger partial charge in [0, 0.05) is 44.1 Å². The maximum atomic E-state index is 13.6. The number of halogens is 3. The van der Waals surface area contributed by atoms with Crippen molar-refractivity contribution in [2.24, 2.45) is 5.92 Å². The second kappa shape index (κ2) is 12.8. The van der Waals surface area contributed by atoms with E-state index in [1.54, 1.807) is 23.8 Å². The number of amides is 1. The van der Waals surface area contributed by atoms with E-state index in [9.17, 15) is 22.8 Å². The number of carbonyl (C=O) groups is 1. The summed E-state index contributed by atoms with van der Waals surface area (Å²) in [5, 5.41) is 6.26. The van der Waals surface area contributed by atoms with Crippen LogP contribution >= 0.6 is 0 Å². The maximum absolute atomic E-state index is 13.6. The van der Waals surface area contributed by atoms with Crippen LogP contribution in [0.15, 0.2) is 35.3 Å². The first kappa shape index (κ1) is 30.1. The summed E-state index contributed by atoms with van der Waals surface area (Å²) in [4.78, 5) is 29.0. The molecule has 1 aromatic carbocycles. The van der Waals surface area contributed by atoms with E-state index in [0.29, 0.717) is 61.4 Å². The molecule has 1 saturated heterocycles. The number of nitrogens with zero attached hydrogens (tertiary/aromatic N) is 2. The molecule has 1 saturated carbocycles. The quantitative estimate of drug-likeness (QED) is 0.441. The van der Waals surface area contributed by atoms with Crippen LogP contribution in [0.4, 0.5) is 18.9 Å². The van der Waals surface area contributed by atoms with Gasteiger partial charge in [0.1, 0.15) is 0 Å². The fraction of sp³-hybridized carbons (Fsp3) is 0.600. The Morgan fingerprint density at radius 2 is 1.80 bits per heavy atom. The van der Waals surface area contributed by atoms with Crippen molar-refractivity contribution in [2.45, 2.75) is 76.7 Å². The summed E-state index contributed by atoms with van der Waals surface area (Å²) in [6.45, 7) is 4.82. The molecule has 0 radical (unpaired) electrons. The summed E-state index contributed by atoms with van der Waals surface area (Å²) in [5.74, 6) is -0.0133. The van der Waals surface area contributed by atoms with Gasteiger partial charge in [0.25, 0.3) is 11.5 Å². The van der Waals surface area contributed by atoms with Crippen molar-refractivity contribution < 1.29 is 22.7 Å². The largest absolute Gasteiger partial charge is 0.416 e. The number of pyridine rings is 1. The van der Waals surface area contributed by atoms with Crippen LogP contribution in [-0.2, 0) is 10.9 Å². The fourth-order valence-electron chi connectivity index (χ4n) is 6.03. The van der Waals surface area contributed by atoms with Gasteiger partial charge < -0.3 is 24.8 Å². The number of hydrogen-bond acceptors (Lipinski definition) is 5. The lowest BCUT2D eigenvalue weighted by atomic mass is 9.85. The number of ether oxygens (including phenoxy) is 1. The Labute approximate surface area is 234 Å². The minimum absolute atomic E-state index is 0.0775. The van der Waals surface area contributed by atoms with Crippen LogP contribution in [0.2, 0.25) is 0 Å². The van der Waals surface area contributed by atoms with E-state index in [1.807, 2.05) is 0 Å². The topological polar surface area (TPSA) is 75.6 Å². The zero-order valence-corrected chi connectivity index (χ0v) is 23.8. The molecule has 1 amide bonds. The highest BCUT2D eigenvalue weighted by molar-refractivity contribution is 5.99. The number of alkyl halides is 3. The van der Waals surface area contributed by atoms with Gasteiger partial charge in [-0.15, -0.1) is 0 Å². The minimum atomic E-state index is -4.48. The van der Waals surface area contributed by atoms with E-state index >= 15 is 0 Å². The van der Waals surface area contributed by atoms with Gasteiger partial charge in [-0.2, -0.15) is 13.2 Å². The van der Waals surface area contributed by atoms with E-state index in [-0.39, 0.29) is 17.2 Å². The van der Waals surface area contributed by atoms with Crippen LogP contribution in [0, 0.1) is 12.8 Å². The molecule has 4 rings (SSSR count). The lowest BCUT2D eigenvalue weighted by Crippen LogP contribution is -2.35. The first-order chi connectivity index (χ1) is 19.0. The predicted octanol–water partition coefficient (Wildman–Crippen LogP) is 5.55. The average Bonchev–Trinajstić information content (AvgIpc) is 2.92. The van der Waals surface area contributed by atoms with Gasteiger partial charge in [-0.1, -0.05) is 12.1 Å². The number of benzene rings is 1. The summed E-state index contributed by atoms with van der Waals surface area (Å²) >= 11 is 0. The normalized spacial score (nSPS) is 21.3. The molecule has 220 valence electrons. The number of carbonyl (C=O) groups excluding carboxylic acids is 1. The van der Waals surface area contributed by atoms with Gasteiger partial charge in [-0.25, -0.2) is 0 Å². The molecular formula is C30H41F3N4O3. The van der Waals surface area contributed by atoms with Gasteiger partial charge in [0.05, 0.1) is 22.9 Å². The molecule has 2 fully saturated rings. The van der Waals surface area contributed by atoms with Crippen molar-refractivity contribution in [3.63, 3.8) is 0 Å². The highest BCUT2D eigenvalue weighted by Gasteiger charge is 2.33. The molecule has 0 spiro atoms. The third-order valence-electron chi connectivity index (χ3n) is 8.53. The van der Waals surface area contributed by atoms with E-state index in [4.69, 9.17) is 4.74 Å². The summed E-state index contributed by atoms with van der Waals surface area (Å²) in [5.41, 5.74) is 0.335. The molecule has 2 aromatic rings. The van der Waals surface area contributed by atoms with Crippen LogP contribution in [0.1, 0.15) is 84.6 Å². The molecule has 1 atom stereocenters. The molecular weight excluding hydrogens is 521 g/mol. The molecule has 0 unspecified atom stereocenters. The SMILES string of the molecule is Cc1c([C@@H](C)NC(=O)c2cn(C3CCOCC3)c(=O)cc2NCC2CCC(N(C)C)CC2)cccc1C(F)(F)F. The Kier molecular flexibility index (Phi) is 9.61. The first-order valence-electron chi connectivity index (χ1n) is 14.2. The van der Waals surface area contributed by atoms with Crippen molar-refractivity contribution in [1.82, 2.24) is 14.8 Å². The van der Waals surface area contributed by atoms with Crippen LogP contribution in [0.3, 0.4) is 0 Å². The molecule has 0 bridgehead atoms. The van der Waals surface area contributed by atoms with Gasteiger partial charge in [-0.3, -0.25) is 9.59 Å². The second-order valence-corrected chi connectivity index (χ2v) is 11.4. The Morgan fingerprint density at radius 3 is 2.42 bits per heavy atom. The van der Waals surface area contributed by atoms with Crippen LogP contribution in [0.25, 0.3) is 0 Å². The molecule has 10 heteroatoms. The van der Waals surface area contributed by atoms with Crippen molar-refractivity contribution in [3.8, 4) is 0 Å². The van der Waals surface area contributed by atoms with Crippen molar-refractivity contribution in [3.05, 3.63) is 63.1 Å². The van der Waals surface area contributed by atoms with Crippen LogP contribution in [-0.4, -0.2) is 55.3 Å². The van der Waals surface area contributed by atoms with E-state index in [1.165, 1.54) is 19.1 Å². The summed E-state index contributed by atoms with van der Waals surface area (Å²) in [6, 6.07) is 5.31. The monoisotopic (exact) mass is 562 g/mol. The van der Waals surface area contributed by atoms with Gasteiger partial charge >= 0.3 is 6.18 Å². The Balaban J connectivity index is 1.57. The number of nitrogens with one attached hydrogen (secondary N) is 2. The first-order valence-corrected chi connectivity index (χ1v) is 14.2. The molecule has 2 N–H and O–H groups in total. The minimum Gasteiger partial charge on any atom is -0.384 e. The van der Waals surface area contributed by atoms with Crippen LogP contribution in [0.5, 0.6) is 0 Å². The summed E-state index contributed by atoms with van der Waals surface area (Å²) in [7, 11) is 4.20. The third-order valence-corrected chi connectivity index (χ3v) is 8.53. The average molecular weight is 563 g/mol. The van der Waals surface area contributed by atoms with Gasteiger partial charge in [0.2, 0.25) is 0 Å². The third kappa shape index (κ3) is 7.07. The zero-order chi connectivity index (χ0) is 29.0. The van der Waals surface area contributed by atoms with Gasteiger partial charge in [-0.05, 0) is 89.6 Å². The lowest BCUT2D eigenvalue weighted by Gasteiger charge is -2.33. The van der Waals surface area contributed by atoms with Crippen molar-refractivity contribution in [2.75, 3.05) is 39.2 Å². The molecule has 1 aliphatic heterocycles. The smallest absolute Gasteiger partial charge is 0.384 e. The Hall–Kier alpha value is -2.85. The molecule has 7 nitrogen and oxygen atoms in total. The van der Waals surface area contributed by atoms with E-state index < -0.39 is 23.7 Å². The van der Waals surface area contributed by atoms with Crippen molar-refractivity contribution in [1.29, 1.82) is 0 Å². The van der Waals surface area contributed by atoms with E-state index in [0.717, 1.165) is 31.7 Å². The number of hydrogen-bond donors (Lipinski definition) is 2. The molecule has 40 heavy (non-hydrogen) atoms. The fourth-order valence-corrected chi connectivity index (χ4v) is 6.03. The molecule has 2 heterocycles. The molecule has 1 aromatic heterocycles. The molecule has 2 aliphatic rings. The second-order valence-electron chi connectivity index (χ2n) is 11.4. The lowest BCUT2D eigenvalue weighted by molar-refractivity contribution is -0.138. The van der Waals surface area contributed by atoms with E-state index in [2.05, 4.69) is 29.6 Å². The number of rotatable bonds is 8. The zero-order valence-electron chi connectivity index (χ0n) is 23.8. The Morgan fingerprint density at radius 1 is 1.12 bits per heavy atom. The Bertz CT molecular complexity index is 1230. The standard InChI is InChI=1S/C30H41F3N4O3/c1-19-24(6-5-7-26(19)30(31,32)33)20(2)35-29(39)25-18-37(23-12-14-40-15-13-23)28(38)16-27(25)34-17-21-8-10-22(11-9-21)36(3)4/h5-7,16,18,20-23,34H,8-15,17H2,1-4H3,(H,35,39)/t20-,21?,22?/m1/s1. The molecule has 1 aliphatic carbocycles. The summed E-state index contributed by atoms with van der Waals surface area (Å²) < 4.78 is 47.5. The van der Waals surface area contributed by atoms with Crippen LogP contribution < -0.4 is 16.2 Å². The summed E-state index contributed by atoms with van der Waals surface area (Å²) in [6.07, 6.45) is 2.78.